The average Bonchev–Trinajstić information content (AvgIpc) is 3.00. The Morgan fingerprint density at radius 3 is 2.85 bits per heavy atom. The highest BCUT2D eigenvalue weighted by Gasteiger charge is 2.41. The van der Waals surface area contributed by atoms with Gasteiger partial charge in [0.05, 0.1) is 5.69 Å². The number of nitrogens with one attached hydrogen (secondary N) is 1. The summed E-state index contributed by atoms with van der Waals surface area (Å²) in [6, 6.07) is 2.16. The number of aromatic nitrogens is 1. The number of anilines is 1. The van der Waals surface area contributed by atoms with E-state index < -0.39 is 5.97 Å². The van der Waals surface area contributed by atoms with Crippen LogP contribution >= 0.6 is 0 Å². The smallest absolute Gasteiger partial charge is 0.339 e. The number of aromatic carboxylic acids is 1. The number of fused-ring (bicyclic) bond motifs is 2. The fourth-order valence-corrected chi connectivity index (χ4v) is 4.11. The maximum absolute atomic E-state index is 11.3. The third-order valence-corrected chi connectivity index (χ3v) is 5.09. The summed E-state index contributed by atoms with van der Waals surface area (Å²) in [6.45, 7) is 4.08. The maximum Gasteiger partial charge on any atom is 0.339 e. The van der Waals surface area contributed by atoms with Crippen molar-refractivity contribution in [2.75, 3.05) is 5.32 Å². The number of hydrogen-bond acceptors (Lipinski definition) is 3. The molecule has 2 aliphatic carbocycles. The molecule has 1 aromatic heterocycles. The molecule has 0 spiro atoms. The quantitative estimate of drug-likeness (QED) is 0.884. The topological polar surface area (TPSA) is 62.2 Å². The molecule has 0 aromatic carbocycles. The molecule has 4 heteroatoms. The van der Waals surface area contributed by atoms with Crippen LogP contribution in [0, 0.1) is 24.7 Å². The molecule has 2 aliphatic rings. The average molecular weight is 274 g/mol. The molecule has 3 rings (SSSR count). The highest BCUT2D eigenvalue weighted by molar-refractivity contribution is 5.93. The summed E-state index contributed by atoms with van der Waals surface area (Å²) >= 11 is 0. The highest BCUT2D eigenvalue weighted by Crippen LogP contribution is 2.49. The SMILES string of the molecule is Cc1cc(NC(C)C2CC3CCC2C3)c(C(=O)O)cn1. The molecular formula is C16H22N2O2. The molecule has 0 aliphatic heterocycles. The third-order valence-electron chi connectivity index (χ3n) is 5.09. The van der Waals surface area contributed by atoms with Crippen molar-refractivity contribution in [2.24, 2.45) is 17.8 Å². The predicted octanol–water partition coefficient (Wildman–Crippen LogP) is 3.32. The van der Waals surface area contributed by atoms with Crippen molar-refractivity contribution in [3.63, 3.8) is 0 Å². The number of carboxylic acids is 1. The van der Waals surface area contributed by atoms with Gasteiger partial charge in [-0.1, -0.05) is 6.42 Å². The van der Waals surface area contributed by atoms with Crippen molar-refractivity contribution in [1.29, 1.82) is 0 Å². The fraction of sp³-hybridized carbons (Fsp3) is 0.625. The van der Waals surface area contributed by atoms with E-state index in [2.05, 4.69) is 17.2 Å². The van der Waals surface area contributed by atoms with Gasteiger partial charge in [-0.25, -0.2) is 4.79 Å². The van der Waals surface area contributed by atoms with Crippen molar-refractivity contribution < 1.29 is 9.90 Å². The van der Waals surface area contributed by atoms with Crippen LogP contribution in [-0.2, 0) is 0 Å². The van der Waals surface area contributed by atoms with Gasteiger partial charge in [0.25, 0.3) is 0 Å². The molecule has 2 bridgehead atoms. The summed E-state index contributed by atoms with van der Waals surface area (Å²) in [5, 5.41) is 12.7. The number of carboxylic acid groups (broad SMARTS) is 1. The van der Waals surface area contributed by atoms with E-state index in [0.717, 1.165) is 17.5 Å². The molecule has 4 unspecified atom stereocenters. The van der Waals surface area contributed by atoms with Gasteiger partial charge in [-0.15, -0.1) is 0 Å². The molecule has 4 atom stereocenters. The predicted molar refractivity (Wildman–Crippen MR) is 78.0 cm³/mol. The highest BCUT2D eigenvalue weighted by atomic mass is 16.4. The van der Waals surface area contributed by atoms with E-state index in [9.17, 15) is 9.90 Å². The third kappa shape index (κ3) is 2.39. The first-order valence-corrected chi connectivity index (χ1v) is 7.51. The Kier molecular flexibility index (Phi) is 3.40. The van der Waals surface area contributed by atoms with E-state index in [4.69, 9.17) is 0 Å². The summed E-state index contributed by atoms with van der Waals surface area (Å²) in [6.07, 6.45) is 6.86. The van der Waals surface area contributed by atoms with E-state index in [1.54, 1.807) is 0 Å². The molecule has 2 fully saturated rings. The van der Waals surface area contributed by atoms with Crippen molar-refractivity contribution >= 4 is 11.7 Å². The molecule has 20 heavy (non-hydrogen) atoms. The van der Waals surface area contributed by atoms with Crippen molar-refractivity contribution in [1.82, 2.24) is 4.98 Å². The lowest BCUT2D eigenvalue weighted by Crippen LogP contribution is -2.30. The van der Waals surface area contributed by atoms with Crippen LogP contribution < -0.4 is 5.32 Å². The summed E-state index contributed by atoms with van der Waals surface area (Å²) in [5.74, 6) is 1.51. The van der Waals surface area contributed by atoms with Crippen molar-refractivity contribution in [3.05, 3.63) is 23.5 Å². The first-order chi connectivity index (χ1) is 9.54. The minimum absolute atomic E-state index is 0.269. The second-order valence-corrected chi connectivity index (χ2v) is 6.45. The molecule has 108 valence electrons. The number of pyridine rings is 1. The normalized spacial score (nSPS) is 29.4. The lowest BCUT2D eigenvalue weighted by molar-refractivity contribution is 0.0697. The molecule has 1 heterocycles. The van der Waals surface area contributed by atoms with Crippen LogP contribution in [0.4, 0.5) is 5.69 Å². The van der Waals surface area contributed by atoms with Crippen LogP contribution in [0.25, 0.3) is 0 Å². The van der Waals surface area contributed by atoms with E-state index in [1.165, 1.54) is 31.9 Å². The first kappa shape index (κ1) is 13.4. The molecular weight excluding hydrogens is 252 g/mol. The van der Waals surface area contributed by atoms with Crippen LogP contribution in [0.15, 0.2) is 12.3 Å². The summed E-state index contributed by atoms with van der Waals surface area (Å²) in [4.78, 5) is 15.4. The maximum atomic E-state index is 11.3. The van der Waals surface area contributed by atoms with E-state index >= 15 is 0 Å². The van der Waals surface area contributed by atoms with Gasteiger partial charge in [0.2, 0.25) is 0 Å². The number of rotatable bonds is 4. The van der Waals surface area contributed by atoms with Crippen LogP contribution in [0.1, 0.15) is 48.7 Å². The molecule has 0 saturated heterocycles. The van der Waals surface area contributed by atoms with E-state index in [0.29, 0.717) is 17.6 Å². The molecule has 2 N–H and O–H groups in total. The van der Waals surface area contributed by atoms with Crippen LogP contribution in [0.5, 0.6) is 0 Å². The Balaban J connectivity index is 1.77. The van der Waals surface area contributed by atoms with Gasteiger partial charge in [-0.3, -0.25) is 4.98 Å². The van der Waals surface area contributed by atoms with Gasteiger partial charge in [0.15, 0.2) is 0 Å². The second-order valence-electron chi connectivity index (χ2n) is 6.45. The number of aryl methyl sites for hydroxylation is 1. The largest absolute Gasteiger partial charge is 0.478 e. The summed E-state index contributed by atoms with van der Waals surface area (Å²) < 4.78 is 0. The minimum Gasteiger partial charge on any atom is -0.478 e. The zero-order valence-electron chi connectivity index (χ0n) is 12.1. The van der Waals surface area contributed by atoms with Gasteiger partial charge >= 0.3 is 5.97 Å². The van der Waals surface area contributed by atoms with Gasteiger partial charge in [0, 0.05) is 17.9 Å². The molecule has 0 radical (unpaired) electrons. The van der Waals surface area contributed by atoms with Crippen LogP contribution in [0.2, 0.25) is 0 Å². The number of hydrogen-bond donors (Lipinski definition) is 2. The number of nitrogens with zero attached hydrogens (tertiary/aromatic N) is 1. The van der Waals surface area contributed by atoms with Crippen molar-refractivity contribution in [3.8, 4) is 0 Å². The fourth-order valence-electron chi connectivity index (χ4n) is 4.11. The Labute approximate surface area is 119 Å². The Bertz CT molecular complexity index is 529. The van der Waals surface area contributed by atoms with Gasteiger partial charge in [-0.05, 0) is 56.9 Å². The second kappa shape index (κ2) is 5.08. The monoisotopic (exact) mass is 274 g/mol. The Hall–Kier alpha value is -1.58. The lowest BCUT2D eigenvalue weighted by atomic mass is 9.84. The molecule has 0 amide bonds. The molecule has 1 aromatic rings. The lowest BCUT2D eigenvalue weighted by Gasteiger charge is -2.29. The van der Waals surface area contributed by atoms with Crippen LogP contribution in [-0.4, -0.2) is 22.1 Å². The zero-order chi connectivity index (χ0) is 14.3. The minimum atomic E-state index is -0.917. The summed E-state index contributed by atoms with van der Waals surface area (Å²) in [7, 11) is 0. The van der Waals surface area contributed by atoms with Crippen LogP contribution in [0.3, 0.4) is 0 Å². The Morgan fingerprint density at radius 2 is 2.25 bits per heavy atom. The molecule has 4 nitrogen and oxygen atoms in total. The number of carbonyl (C=O) groups is 1. The standard InChI is InChI=1S/C16H22N2O2/c1-9-5-15(14(8-17-9)16(19)20)18-10(2)13-7-11-3-4-12(13)6-11/h5,8,10-13H,3-4,6-7H2,1-2H3,(H,17,18)(H,19,20). The zero-order valence-corrected chi connectivity index (χ0v) is 12.1. The van der Waals surface area contributed by atoms with Gasteiger partial charge in [0.1, 0.15) is 5.56 Å². The van der Waals surface area contributed by atoms with E-state index in [1.807, 2.05) is 13.0 Å². The van der Waals surface area contributed by atoms with Gasteiger partial charge in [-0.2, -0.15) is 0 Å². The van der Waals surface area contributed by atoms with Crippen molar-refractivity contribution in [2.45, 2.75) is 45.6 Å². The molecule has 2 saturated carbocycles. The van der Waals surface area contributed by atoms with Gasteiger partial charge < -0.3 is 10.4 Å². The van der Waals surface area contributed by atoms with E-state index in [-0.39, 0.29) is 5.56 Å². The Morgan fingerprint density at radius 1 is 1.45 bits per heavy atom. The first-order valence-electron chi connectivity index (χ1n) is 7.51. The summed E-state index contributed by atoms with van der Waals surface area (Å²) in [5.41, 5.74) is 1.82.